The predicted octanol–water partition coefficient (Wildman–Crippen LogP) is 0.178. The van der Waals surface area contributed by atoms with E-state index in [-0.39, 0.29) is 18.3 Å². The third-order valence-corrected chi connectivity index (χ3v) is 2.02. The lowest BCUT2D eigenvalue weighted by atomic mass is 10.1. The molecule has 0 aliphatic heterocycles. The maximum absolute atomic E-state index is 11.5. The number of hydrogen-bond donors (Lipinski definition) is 3. The number of nitrogens with zero attached hydrogens (tertiary/aromatic N) is 2. The summed E-state index contributed by atoms with van der Waals surface area (Å²) in [5.74, 6) is -1.28. The second-order valence-corrected chi connectivity index (χ2v) is 3.39. The van der Waals surface area contributed by atoms with Gasteiger partial charge in [0, 0.05) is 6.04 Å². The molecule has 1 unspecified atom stereocenters. The minimum atomic E-state index is -0.934. The van der Waals surface area contributed by atoms with Gasteiger partial charge in [0.15, 0.2) is 0 Å². The summed E-state index contributed by atoms with van der Waals surface area (Å²) in [5.41, 5.74) is 0. The lowest BCUT2D eigenvalue weighted by Crippen LogP contribution is -2.37. The lowest BCUT2D eigenvalue weighted by molar-refractivity contribution is -0.137. The van der Waals surface area contributed by atoms with Gasteiger partial charge < -0.3 is 10.4 Å². The maximum atomic E-state index is 11.5. The molecule has 1 aromatic heterocycles. The Hall–Kier alpha value is -1.92. The zero-order valence-electron chi connectivity index (χ0n) is 8.93. The van der Waals surface area contributed by atoms with Gasteiger partial charge in [-0.1, -0.05) is 13.3 Å². The summed E-state index contributed by atoms with van der Waals surface area (Å²) < 4.78 is 0. The van der Waals surface area contributed by atoms with E-state index in [4.69, 9.17) is 5.11 Å². The largest absolute Gasteiger partial charge is 0.481 e. The summed E-state index contributed by atoms with van der Waals surface area (Å²) in [5, 5.41) is 17.2. The minimum Gasteiger partial charge on any atom is -0.481 e. The van der Waals surface area contributed by atoms with E-state index in [9.17, 15) is 9.59 Å². The normalized spacial score (nSPS) is 12.1. The number of carboxylic acids is 1. The van der Waals surface area contributed by atoms with Crippen LogP contribution in [-0.2, 0) is 4.79 Å². The van der Waals surface area contributed by atoms with Crippen LogP contribution < -0.4 is 5.32 Å². The Labute approximate surface area is 92.3 Å². The Morgan fingerprint density at radius 3 is 2.88 bits per heavy atom. The van der Waals surface area contributed by atoms with E-state index in [1.165, 1.54) is 6.33 Å². The topological polar surface area (TPSA) is 108 Å². The van der Waals surface area contributed by atoms with Crippen molar-refractivity contribution in [2.75, 3.05) is 0 Å². The van der Waals surface area contributed by atoms with Crippen molar-refractivity contribution in [3.63, 3.8) is 0 Å². The summed E-state index contributed by atoms with van der Waals surface area (Å²) in [4.78, 5) is 25.8. The zero-order chi connectivity index (χ0) is 12.0. The minimum absolute atomic E-state index is 0.0893. The van der Waals surface area contributed by atoms with Gasteiger partial charge in [0.25, 0.3) is 5.91 Å². The highest BCUT2D eigenvalue weighted by Gasteiger charge is 2.17. The van der Waals surface area contributed by atoms with Gasteiger partial charge >= 0.3 is 5.97 Å². The van der Waals surface area contributed by atoms with Gasteiger partial charge in [0.2, 0.25) is 5.82 Å². The summed E-state index contributed by atoms with van der Waals surface area (Å²) in [6, 6.07) is -0.375. The van der Waals surface area contributed by atoms with Crippen molar-refractivity contribution in [1.82, 2.24) is 20.5 Å². The van der Waals surface area contributed by atoms with Gasteiger partial charge in [0.05, 0.1) is 6.42 Å². The van der Waals surface area contributed by atoms with Gasteiger partial charge in [-0.05, 0) is 6.42 Å². The van der Waals surface area contributed by atoms with Gasteiger partial charge in [-0.3, -0.25) is 14.7 Å². The highest BCUT2D eigenvalue weighted by atomic mass is 16.4. The van der Waals surface area contributed by atoms with Crippen molar-refractivity contribution in [1.29, 1.82) is 0 Å². The van der Waals surface area contributed by atoms with Gasteiger partial charge in [-0.2, -0.15) is 5.10 Å². The van der Waals surface area contributed by atoms with E-state index in [1.807, 2.05) is 6.92 Å². The van der Waals surface area contributed by atoms with Crippen LogP contribution in [0.4, 0.5) is 0 Å². The summed E-state index contributed by atoms with van der Waals surface area (Å²) in [6.45, 7) is 1.93. The molecule has 1 amide bonds. The fraction of sp³-hybridized carbons (Fsp3) is 0.556. The summed E-state index contributed by atoms with van der Waals surface area (Å²) in [7, 11) is 0. The first-order chi connectivity index (χ1) is 7.63. The Morgan fingerprint density at radius 1 is 1.62 bits per heavy atom. The number of aromatic amines is 1. The molecule has 88 valence electrons. The molecule has 0 saturated heterocycles. The number of carboxylic acid groups (broad SMARTS) is 1. The molecule has 0 radical (unpaired) electrons. The molecule has 1 rings (SSSR count). The second-order valence-electron chi connectivity index (χ2n) is 3.39. The average Bonchev–Trinajstić information content (AvgIpc) is 2.69. The van der Waals surface area contributed by atoms with Crippen LogP contribution in [0.5, 0.6) is 0 Å². The molecular formula is C9H14N4O3. The van der Waals surface area contributed by atoms with E-state index in [2.05, 4.69) is 20.5 Å². The van der Waals surface area contributed by atoms with Crippen LogP contribution >= 0.6 is 0 Å². The smallest absolute Gasteiger partial charge is 0.305 e. The molecule has 0 aromatic carbocycles. The first kappa shape index (κ1) is 12.2. The molecule has 7 heteroatoms. The number of amides is 1. The van der Waals surface area contributed by atoms with Crippen molar-refractivity contribution in [2.45, 2.75) is 32.2 Å². The first-order valence-corrected chi connectivity index (χ1v) is 5.01. The Kier molecular flexibility index (Phi) is 4.43. The molecule has 0 spiro atoms. The average molecular weight is 226 g/mol. The summed E-state index contributed by atoms with van der Waals surface area (Å²) in [6.07, 6.45) is 2.55. The molecule has 0 fully saturated rings. The van der Waals surface area contributed by atoms with Gasteiger partial charge in [-0.25, -0.2) is 4.98 Å². The maximum Gasteiger partial charge on any atom is 0.305 e. The van der Waals surface area contributed by atoms with Crippen molar-refractivity contribution < 1.29 is 14.7 Å². The Morgan fingerprint density at radius 2 is 2.38 bits per heavy atom. The quantitative estimate of drug-likeness (QED) is 0.641. The predicted molar refractivity (Wildman–Crippen MR) is 54.8 cm³/mol. The molecule has 0 aliphatic carbocycles. The molecule has 1 heterocycles. The van der Waals surface area contributed by atoms with Crippen molar-refractivity contribution in [3.8, 4) is 0 Å². The number of hydrogen-bond acceptors (Lipinski definition) is 4. The van der Waals surface area contributed by atoms with Gasteiger partial charge in [0.1, 0.15) is 6.33 Å². The molecule has 1 atom stereocenters. The summed E-state index contributed by atoms with van der Waals surface area (Å²) >= 11 is 0. The van der Waals surface area contributed by atoms with E-state index in [0.29, 0.717) is 6.42 Å². The molecule has 7 nitrogen and oxygen atoms in total. The zero-order valence-corrected chi connectivity index (χ0v) is 8.93. The number of aromatic nitrogens is 3. The highest BCUT2D eigenvalue weighted by molar-refractivity contribution is 5.90. The van der Waals surface area contributed by atoms with Gasteiger partial charge in [-0.15, -0.1) is 0 Å². The van der Waals surface area contributed by atoms with Crippen molar-refractivity contribution in [2.24, 2.45) is 0 Å². The van der Waals surface area contributed by atoms with E-state index < -0.39 is 11.9 Å². The van der Waals surface area contributed by atoms with Crippen LogP contribution in [0.25, 0.3) is 0 Å². The Bertz CT molecular complexity index is 350. The standard InChI is InChI=1S/C9H14N4O3/c1-2-3-6(4-7(14)15)12-9(16)8-10-5-11-13-8/h5-6H,2-4H2,1H3,(H,12,16)(H,14,15)(H,10,11,13). The first-order valence-electron chi connectivity index (χ1n) is 5.01. The van der Waals surface area contributed by atoms with E-state index >= 15 is 0 Å². The van der Waals surface area contributed by atoms with Crippen LogP contribution in [0, 0.1) is 0 Å². The molecular weight excluding hydrogens is 212 g/mol. The van der Waals surface area contributed by atoms with Crippen molar-refractivity contribution in [3.05, 3.63) is 12.2 Å². The molecule has 0 aliphatic rings. The fourth-order valence-corrected chi connectivity index (χ4v) is 1.35. The number of rotatable bonds is 6. The molecule has 16 heavy (non-hydrogen) atoms. The number of H-pyrrole nitrogens is 1. The van der Waals surface area contributed by atoms with Crippen LogP contribution in [0.15, 0.2) is 6.33 Å². The monoisotopic (exact) mass is 226 g/mol. The van der Waals surface area contributed by atoms with Crippen LogP contribution in [0.1, 0.15) is 36.8 Å². The van der Waals surface area contributed by atoms with Crippen LogP contribution in [0.3, 0.4) is 0 Å². The van der Waals surface area contributed by atoms with Crippen LogP contribution in [-0.4, -0.2) is 38.2 Å². The second kappa shape index (κ2) is 5.84. The number of nitrogens with one attached hydrogen (secondary N) is 2. The van der Waals surface area contributed by atoms with E-state index in [0.717, 1.165) is 6.42 Å². The fourth-order valence-electron chi connectivity index (χ4n) is 1.35. The SMILES string of the molecule is CCCC(CC(=O)O)NC(=O)c1ncn[nH]1. The van der Waals surface area contributed by atoms with Crippen LogP contribution in [0.2, 0.25) is 0 Å². The molecule has 3 N–H and O–H groups in total. The molecule has 1 aromatic rings. The number of carbonyl (C=O) groups excluding carboxylic acids is 1. The third-order valence-electron chi connectivity index (χ3n) is 2.02. The number of carbonyl (C=O) groups is 2. The highest BCUT2D eigenvalue weighted by Crippen LogP contribution is 2.02. The van der Waals surface area contributed by atoms with E-state index in [1.54, 1.807) is 0 Å². The van der Waals surface area contributed by atoms with Crippen molar-refractivity contribution >= 4 is 11.9 Å². The lowest BCUT2D eigenvalue weighted by Gasteiger charge is -2.14. The third kappa shape index (κ3) is 3.68. The molecule has 0 bridgehead atoms. The molecule has 0 saturated carbocycles. The number of aliphatic carboxylic acids is 1. The Balaban J connectivity index is 2.54.